The molecule has 0 unspecified atom stereocenters. The molecule has 0 heterocycles. The smallest absolute Gasteiger partial charge is 0.225 e. The number of carbonyl (C=O) groups excluding carboxylic acids is 3. The van der Waals surface area contributed by atoms with Crippen molar-refractivity contribution in [3.05, 3.63) is 0 Å². The molecular weight excluding hydrogens is 222 g/mol. The summed E-state index contributed by atoms with van der Waals surface area (Å²) in [6.07, 6.45) is 1.54. The zero-order valence-electron chi connectivity index (χ0n) is 10.7. The molecule has 0 fully saturated rings. The minimum Gasteiger partial charge on any atom is -0.339 e. The molecule has 0 rings (SSSR count). The van der Waals surface area contributed by atoms with Gasteiger partial charge in [-0.1, -0.05) is 13.8 Å². The van der Waals surface area contributed by atoms with Crippen LogP contribution in [0.5, 0.6) is 0 Å². The van der Waals surface area contributed by atoms with Crippen LogP contribution in [0.2, 0.25) is 0 Å². The van der Waals surface area contributed by atoms with Crippen LogP contribution in [-0.4, -0.2) is 36.0 Å². The molecule has 0 radical (unpaired) electrons. The molecule has 0 atom stereocenters. The van der Waals surface area contributed by atoms with Gasteiger partial charge in [0.25, 0.3) is 0 Å². The number of nitrogens with one attached hydrogen (secondary N) is 2. The van der Waals surface area contributed by atoms with Gasteiger partial charge in [0.15, 0.2) is 0 Å². The molecule has 6 nitrogen and oxygen atoms in total. The van der Waals surface area contributed by atoms with E-state index in [-0.39, 0.29) is 31.1 Å². The van der Waals surface area contributed by atoms with Crippen molar-refractivity contribution in [3.63, 3.8) is 0 Å². The SMILES string of the molecule is CCCC(=O)NCN(CNC(C)=O)C(=O)CC. The standard InChI is InChI=1S/C11H21N3O3/c1-4-6-10(16)13-8-14(11(17)5-2)7-12-9(3)15/h4-8H2,1-3H3,(H,12,15)(H,13,16). The number of carbonyl (C=O) groups is 3. The van der Waals surface area contributed by atoms with Crippen molar-refractivity contribution < 1.29 is 14.4 Å². The summed E-state index contributed by atoms with van der Waals surface area (Å²) in [6.45, 7) is 5.27. The Morgan fingerprint density at radius 3 is 2.12 bits per heavy atom. The average molecular weight is 243 g/mol. The summed E-state index contributed by atoms with van der Waals surface area (Å²) < 4.78 is 0. The molecule has 2 N–H and O–H groups in total. The van der Waals surface area contributed by atoms with Gasteiger partial charge in [0.05, 0.1) is 13.3 Å². The summed E-state index contributed by atoms with van der Waals surface area (Å²) >= 11 is 0. The largest absolute Gasteiger partial charge is 0.339 e. The molecule has 6 heteroatoms. The molecule has 3 amide bonds. The molecule has 0 aliphatic rings. The lowest BCUT2D eigenvalue weighted by atomic mass is 10.3. The van der Waals surface area contributed by atoms with E-state index < -0.39 is 0 Å². The number of hydrogen-bond donors (Lipinski definition) is 2. The highest BCUT2D eigenvalue weighted by Crippen LogP contribution is 1.92. The van der Waals surface area contributed by atoms with Crippen LogP contribution >= 0.6 is 0 Å². The highest BCUT2D eigenvalue weighted by atomic mass is 16.2. The Hall–Kier alpha value is -1.59. The zero-order chi connectivity index (χ0) is 13.3. The monoisotopic (exact) mass is 243 g/mol. The highest BCUT2D eigenvalue weighted by Gasteiger charge is 2.12. The summed E-state index contributed by atoms with van der Waals surface area (Å²) in [7, 11) is 0. The Labute approximate surface area is 102 Å². The minimum atomic E-state index is -0.209. The molecule has 98 valence electrons. The fraction of sp³-hybridized carbons (Fsp3) is 0.727. The van der Waals surface area contributed by atoms with Gasteiger partial charge in [-0.15, -0.1) is 0 Å². The third kappa shape index (κ3) is 7.32. The lowest BCUT2D eigenvalue weighted by Gasteiger charge is -2.22. The Balaban J connectivity index is 4.14. The molecular formula is C11H21N3O3. The first-order valence-corrected chi connectivity index (χ1v) is 5.80. The second-order valence-electron chi connectivity index (χ2n) is 3.69. The van der Waals surface area contributed by atoms with Crippen molar-refractivity contribution in [1.82, 2.24) is 15.5 Å². The summed E-state index contributed by atoms with van der Waals surface area (Å²) in [6, 6.07) is 0. The Morgan fingerprint density at radius 2 is 1.65 bits per heavy atom. The van der Waals surface area contributed by atoms with E-state index in [4.69, 9.17) is 0 Å². The van der Waals surface area contributed by atoms with Crippen molar-refractivity contribution in [2.45, 2.75) is 40.0 Å². The average Bonchev–Trinajstić information content (AvgIpc) is 2.28. The first-order valence-electron chi connectivity index (χ1n) is 5.80. The topological polar surface area (TPSA) is 78.5 Å². The summed E-state index contributed by atoms with van der Waals surface area (Å²) in [5, 5.41) is 5.17. The summed E-state index contributed by atoms with van der Waals surface area (Å²) in [4.78, 5) is 34.9. The van der Waals surface area contributed by atoms with Gasteiger partial charge in [0.1, 0.15) is 0 Å². The van der Waals surface area contributed by atoms with Gasteiger partial charge >= 0.3 is 0 Å². The summed E-state index contributed by atoms with van der Waals surface area (Å²) in [5.41, 5.74) is 0. The van der Waals surface area contributed by atoms with Crippen LogP contribution in [0.4, 0.5) is 0 Å². The molecule has 0 aliphatic carbocycles. The normalized spacial score (nSPS) is 9.59. The molecule has 0 aromatic rings. The van der Waals surface area contributed by atoms with E-state index in [0.29, 0.717) is 12.8 Å². The van der Waals surface area contributed by atoms with Crippen LogP contribution in [0.15, 0.2) is 0 Å². The van der Waals surface area contributed by atoms with Crippen LogP contribution in [0.1, 0.15) is 40.0 Å². The molecule has 0 saturated carbocycles. The van der Waals surface area contributed by atoms with E-state index in [1.165, 1.54) is 11.8 Å². The molecule has 0 saturated heterocycles. The quantitative estimate of drug-likeness (QED) is 0.627. The van der Waals surface area contributed by atoms with Crippen molar-refractivity contribution in [3.8, 4) is 0 Å². The third-order valence-electron chi connectivity index (χ3n) is 2.12. The maximum atomic E-state index is 11.5. The second kappa shape index (κ2) is 8.55. The third-order valence-corrected chi connectivity index (χ3v) is 2.12. The van der Waals surface area contributed by atoms with E-state index in [9.17, 15) is 14.4 Å². The van der Waals surface area contributed by atoms with Crippen molar-refractivity contribution in [1.29, 1.82) is 0 Å². The van der Waals surface area contributed by atoms with Crippen LogP contribution in [0.3, 0.4) is 0 Å². The molecule has 17 heavy (non-hydrogen) atoms. The number of rotatable bonds is 7. The lowest BCUT2D eigenvalue weighted by molar-refractivity contribution is -0.133. The fourth-order valence-corrected chi connectivity index (χ4v) is 1.16. The Morgan fingerprint density at radius 1 is 1.06 bits per heavy atom. The van der Waals surface area contributed by atoms with Gasteiger partial charge in [0.2, 0.25) is 17.7 Å². The predicted molar refractivity (Wildman–Crippen MR) is 63.7 cm³/mol. The first kappa shape index (κ1) is 15.4. The van der Waals surface area contributed by atoms with E-state index in [2.05, 4.69) is 10.6 Å². The number of hydrogen-bond acceptors (Lipinski definition) is 3. The molecule has 0 bridgehead atoms. The van der Waals surface area contributed by atoms with Crippen LogP contribution in [0, 0.1) is 0 Å². The van der Waals surface area contributed by atoms with Gasteiger partial charge < -0.3 is 15.5 Å². The minimum absolute atomic E-state index is 0.0933. The van der Waals surface area contributed by atoms with Gasteiger partial charge in [-0.3, -0.25) is 14.4 Å². The molecule has 0 aromatic carbocycles. The Kier molecular flexibility index (Phi) is 7.75. The van der Waals surface area contributed by atoms with Gasteiger partial charge in [-0.25, -0.2) is 0 Å². The Bertz CT molecular complexity index is 279. The van der Waals surface area contributed by atoms with E-state index in [1.54, 1.807) is 6.92 Å². The highest BCUT2D eigenvalue weighted by molar-refractivity contribution is 5.79. The first-order chi connectivity index (χ1) is 8.01. The molecule has 0 aromatic heterocycles. The summed E-state index contributed by atoms with van der Waals surface area (Å²) in [5.74, 6) is -0.418. The molecule has 0 aliphatic heterocycles. The molecule has 0 spiro atoms. The van der Waals surface area contributed by atoms with Crippen LogP contribution < -0.4 is 10.6 Å². The van der Waals surface area contributed by atoms with E-state index in [0.717, 1.165) is 6.42 Å². The van der Waals surface area contributed by atoms with Crippen molar-refractivity contribution in [2.75, 3.05) is 13.3 Å². The maximum Gasteiger partial charge on any atom is 0.225 e. The number of amides is 3. The lowest BCUT2D eigenvalue weighted by Crippen LogP contribution is -2.46. The van der Waals surface area contributed by atoms with E-state index >= 15 is 0 Å². The maximum absolute atomic E-state index is 11.5. The van der Waals surface area contributed by atoms with Crippen molar-refractivity contribution in [2.24, 2.45) is 0 Å². The van der Waals surface area contributed by atoms with Crippen LogP contribution in [-0.2, 0) is 14.4 Å². The zero-order valence-corrected chi connectivity index (χ0v) is 10.7. The van der Waals surface area contributed by atoms with E-state index in [1.807, 2.05) is 6.92 Å². The second-order valence-corrected chi connectivity index (χ2v) is 3.69. The van der Waals surface area contributed by atoms with Gasteiger partial charge in [0, 0.05) is 19.8 Å². The fourth-order valence-electron chi connectivity index (χ4n) is 1.16. The predicted octanol–water partition coefficient (Wildman–Crippen LogP) is 0.192. The van der Waals surface area contributed by atoms with Crippen molar-refractivity contribution >= 4 is 17.7 Å². The van der Waals surface area contributed by atoms with Crippen LogP contribution in [0.25, 0.3) is 0 Å². The van der Waals surface area contributed by atoms with Gasteiger partial charge in [-0.05, 0) is 6.42 Å². The number of nitrogens with zero attached hydrogens (tertiary/aromatic N) is 1. The van der Waals surface area contributed by atoms with Gasteiger partial charge in [-0.2, -0.15) is 0 Å².